The lowest BCUT2D eigenvalue weighted by atomic mass is 10.1. The van der Waals surface area contributed by atoms with Crippen LogP contribution in [-0.2, 0) is 28.6 Å². The molecule has 0 aliphatic carbocycles. The molecule has 0 saturated carbocycles. The minimum absolute atomic E-state index is 0.165. The van der Waals surface area contributed by atoms with E-state index in [0.29, 0.717) is 53.9 Å². The number of nitrogens with one attached hydrogen (secondary N) is 2. The molecule has 4 rings (SSSR count). The Morgan fingerprint density at radius 2 is 1.86 bits per heavy atom. The van der Waals surface area contributed by atoms with Crippen molar-refractivity contribution < 1.29 is 43.5 Å². The number of ether oxygens (including phenoxy) is 4. The number of carbonyl (C=O) groups is 3. The van der Waals surface area contributed by atoms with Crippen LogP contribution < -0.4 is 15.4 Å². The van der Waals surface area contributed by atoms with Gasteiger partial charge in [-0.1, -0.05) is 0 Å². The number of hydrogen-bond acceptors (Lipinski definition) is 13. The fraction of sp³-hybridized carbons (Fsp3) is 0.423. The third-order valence-corrected chi connectivity index (χ3v) is 5.65. The summed E-state index contributed by atoms with van der Waals surface area (Å²) in [6.45, 7) is 2.63. The van der Waals surface area contributed by atoms with E-state index in [9.17, 15) is 4.79 Å². The number of likely N-dealkylation sites (N-methyl/N-ethyl adjacent to an activating group) is 1. The van der Waals surface area contributed by atoms with Crippen LogP contribution in [0.25, 0.3) is 17.0 Å². The van der Waals surface area contributed by atoms with Crippen LogP contribution in [0.2, 0.25) is 0 Å². The van der Waals surface area contributed by atoms with Crippen LogP contribution in [-0.4, -0.2) is 107 Å². The van der Waals surface area contributed by atoms with E-state index in [0.717, 1.165) is 12.8 Å². The van der Waals surface area contributed by atoms with Crippen LogP contribution in [0.3, 0.4) is 0 Å². The largest absolute Gasteiger partial charge is 0.487 e. The fourth-order valence-electron chi connectivity index (χ4n) is 3.66. The van der Waals surface area contributed by atoms with Gasteiger partial charge >= 0.3 is 17.9 Å². The predicted molar refractivity (Wildman–Crippen MR) is 145 cm³/mol. The predicted octanol–water partition coefficient (Wildman–Crippen LogP) is 0.592. The number of aliphatic carboxylic acids is 2. The van der Waals surface area contributed by atoms with Crippen molar-refractivity contribution in [1.82, 2.24) is 24.8 Å². The molecule has 0 spiro atoms. The monoisotopic (exact) mass is 585 g/mol. The fourth-order valence-corrected chi connectivity index (χ4v) is 3.66. The van der Waals surface area contributed by atoms with E-state index < -0.39 is 11.9 Å². The van der Waals surface area contributed by atoms with Gasteiger partial charge in [-0.3, -0.25) is 9.36 Å². The lowest BCUT2D eigenvalue weighted by Gasteiger charge is -2.24. The second-order valence-corrected chi connectivity index (χ2v) is 8.66. The van der Waals surface area contributed by atoms with E-state index >= 15 is 0 Å². The van der Waals surface area contributed by atoms with Gasteiger partial charge in [-0.05, 0) is 32.0 Å². The lowest BCUT2D eigenvalue weighted by Crippen LogP contribution is -2.28. The number of imidazole rings is 1. The van der Waals surface area contributed by atoms with Gasteiger partial charge in [0.15, 0.2) is 17.2 Å². The molecule has 1 aliphatic rings. The van der Waals surface area contributed by atoms with Gasteiger partial charge in [0.2, 0.25) is 0 Å². The molecule has 3 aromatic heterocycles. The quantitative estimate of drug-likeness (QED) is 0.130. The van der Waals surface area contributed by atoms with Crippen molar-refractivity contribution in [3.63, 3.8) is 0 Å². The number of fused-ring (bicyclic) bond motifs is 1. The van der Waals surface area contributed by atoms with E-state index in [1.807, 2.05) is 6.07 Å². The first-order valence-corrected chi connectivity index (χ1v) is 12.9. The van der Waals surface area contributed by atoms with Crippen LogP contribution in [0.5, 0.6) is 5.75 Å². The molecule has 0 aromatic carbocycles. The number of aromatic nitrogens is 4. The van der Waals surface area contributed by atoms with Crippen molar-refractivity contribution in [2.75, 3.05) is 58.6 Å². The third kappa shape index (κ3) is 9.66. The van der Waals surface area contributed by atoms with E-state index in [2.05, 4.69) is 26.7 Å². The SMILES string of the molecule is CNCC(=O)OCCOCCOc1cc2ncn(-c3ccc(C#N)cn3)c2nc1NC1CCOCC1.O=C(O)C(=O)O. The van der Waals surface area contributed by atoms with Crippen LogP contribution in [0.15, 0.2) is 30.7 Å². The Hall–Kier alpha value is -4.85. The topological polar surface area (TPSA) is 220 Å². The van der Waals surface area contributed by atoms with Crippen LogP contribution in [0.1, 0.15) is 18.4 Å². The van der Waals surface area contributed by atoms with Crippen LogP contribution in [0, 0.1) is 11.3 Å². The smallest absolute Gasteiger partial charge is 0.414 e. The number of anilines is 1. The lowest BCUT2D eigenvalue weighted by molar-refractivity contribution is -0.159. The summed E-state index contributed by atoms with van der Waals surface area (Å²) in [4.78, 5) is 43.2. The van der Waals surface area contributed by atoms with Gasteiger partial charge < -0.3 is 39.8 Å². The van der Waals surface area contributed by atoms with Crippen molar-refractivity contribution in [3.8, 4) is 17.6 Å². The molecule has 1 fully saturated rings. The van der Waals surface area contributed by atoms with Gasteiger partial charge in [-0.2, -0.15) is 5.26 Å². The Kier molecular flexibility index (Phi) is 12.4. The van der Waals surface area contributed by atoms with Gasteiger partial charge in [0.1, 0.15) is 36.9 Å². The van der Waals surface area contributed by atoms with Crippen molar-refractivity contribution in [3.05, 3.63) is 36.3 Å². The molecule has 1 saturated heterocycles. The van der Waals surface area contributed by atoms with E-state index in [1.165, 1.54) is 6.20 Å². The maximum atomic E-state index is 11.3. The molecule has 16 heteroatoms. The van der Waals surface area contributed by atoms with Crippen molar-refractivity contribution in [2.24, 2.45) is 0 Å². The number of carbonyl (C=O) groups excluding carboxylic acids is 1. The molecule has 3 aromatic rings. The summed E-state index contributed by atoms with van der Waals surface area (Å²) < 4.78 is 23.8. The van der Waals surface area contributed by atoms with Crippen molar-refractivity contribution in [1.29, 1.82) is 5.26 Å². The molecular formula is C26H31N7O9. The molecule has 4 heterocycles. The number of nitrogens with zero attached hydrogens (tertiary/aromatic N) is 5. The Balaban J connectivity index is 0.000000730. The number of carboxylic acid groups (broad SMARTS) is 2. The molecule has 224 valence electrons. The molecule has 4 N–H and O–H groups in total. The molecule has 0 atom stereocenters. The Bertz CT molecular complexity index is 1370. The summed E-state index contributed by atoms with van der Waals surface area (Å²) in [6.07, 6.45) is 4.89. The number of nitriles is 1. The summed E-state index contributed by atoms with van der Waals surface area (Å²) >= 11 is 0. The van der Waals surface area contributed by atoms with E-state index in [-0.39, 0.29) is 38.4 Å². The van der Waals surface area contributed by atoms with Crippen LogP contribution >= 0.6 is 0 Å². The van der Waals surface area contributed by atoms with Crippen molar-refractivity contribution in [2.45, 2.75) is 18.9 Å². The zero-order valence-corrected chi connectivity index (χ0v) is 22.8. The zero-order valence-electron chi connectivity index (χ0n) is 22.8. The minimum Gasteiger partial charge on any atom is -0.487 e. The number of hydrogen-bond donors (Lipinski definition) is 4. The first-order valence-electron chi connectivity index (χ1n) is 12.9. The van der Waals surface area contributed by atoms with Crippen LogP contribution in [0.4, 0.5) is 5.82 Å². The van der Waals surface area contributed by atoms with E-state index in [1.54, 1.807) is 30.1 Å². The maximum Gasteiger partial charge on any atom is 0.414 e. The highest BCUT2D eigenvalue weighted by Crippen LogP contribution is 2.29. The molecule has 1 aliphatic heterocycles. The first kappa shape index (κ1) is 31.7. The van der Waals surface area contributed by atoms with Gasteiger partial charge in [0.25, 0.3) is 0 Å². The van der Waals surface area contributed by atoms with E-state index in [4.69, 9.17) is 49.0 Å². The highest BCUT2D eigenvalue weighted by Gasteiger charge is 2.19. The zero-order chi connectivity index (χ0) is 30.3. The number of carboxylic acids is 2. The average Bonchev–Trinajstić information content (AvgIpc) is 3.40. The molecule has 0 radical (unpaired) electrons. The first-order chi connectivity index (χ1) is 20.3. The highest BCUT2D eigenvalue weighted by molar-refractivity contribution is 6.27. The molecule has 0 unspecified atom stereocenters. The number of rotatable bonds is 12. The van der Waals surface area contributed by atoms with Gasteiger partial charge in [0, 0.05) is 31.5 Å². The van der Waals surface area contributed by atoms with Gasteiger partial charge in [-0.15, -0.1) is 0 Å². The second-order valence-electron chi connectivity index (χ2n) is 8.66. The number of pyridine rings is 2. The van der Waals surface area contributed by atoms with Crippen molar-refractivity contribution >= 4 is 34.9 Å². The summed E-state index contributed by atoms with van der Waals surface area (Å²) in [5, 5.41) is 30.0. The Labute approximate surface area is 240 Å². The molecule has 42 heavy (non-hydrogen) atoms. The average molecular weight is 586 g/mol. The normalized spacial score (nSPS) is 13.0. The summed E-state index contributed by atoms with van der Waals surface area (Å²) in [5.41, 5.74) is 1.74. The van der Waals surface area contributed by atoms with Gasteiger partial charge in [0.05, 0.1) is 25.3 Å². The Morgan fingerprint density at radius 1 is 1.12 bits per heavy atom. The summed E-state index contributed by atoms with van der Waals surface area (Å²) in [5.74, 6) is -2.19. The number of esters is 1. The highest BCUT2D eigenvalue weighted by atomic mass is 16.6. The Morgan fingerprint density at radius 3 is 2.50 bits per heavy atom. The molecule has 16 nitrogen and oxygen atoms in total. The van der Waals surface area contributed by atoms with Gasteiger partial charge in [-0.25, -0.2) is 24.5 Å². The minimum atomic E-state index is -1.82. The molecule has 0 bridgehead atoms. The maximum absolute atomic E-state index is 11.3. The summed E-state index contributed by atoms with van der Waals surface area (Å²) in [7, 11) is 1.68. The summed E-state index contributed by atoms with van der Waals surface area (Å²) in [6, 6.07) is 7.57. The third-order valence-electron chi connectivity index (χ3n) is 5.65. The standard InChI is InChI=1S/C24H29N7O5.C2H2O4/c1-26-15-22(32)36-11-9-34-8-10-35-20-12-19-24(30-23(20)29-18-4-6-33-7-5-18)31(16-28-19)21-3-2-17(13-25)14-27-21;3-1(4)2(5)6/h2-3,12,14,16,18,26H,4-11,15H2,1H3,(H,29,30);(H,3,4)(H,5,6). The molecular weight excluding hydrogens is 554 g/mol. The second kappa shape index (κ2) is 16.4. The molecule has 0 amide bonds.